The van der Waals surface area contributed by atoms with Crippen molar-refractivity contribution in [1.29, 1.82) is 0 Å². The average Bonchev–Trinajstić information content (AvgIpc) is 2.49. The summed E-state index contributed by atoms with van der Waals surface area (Å²) in [4.78, 5) is 12.1. The fourth-order valence-corrected chi connectivity index (χ4v) is 2.23. The topological polar surface area (TPSA) is 26.3 Å². The van der Waals surface area contributed by atoms with Crippen molar-refractivity contribution in [3.05, 3.63) is 70.0 Å². The highest BCUT2D eigenvalue weighted by Gasteiger charge is 2.23. The Morgan fingerprint density at radius 3 is 2.36 bits per heavy atom. The smallest absolute Gasteiger partial charge is 0.339 e. The molecule has 0 aliphatic heterocycles. The van der Waals surface area contributed by atoms with E-state index in [0.717, 1.165) is 11.1 Å². The Morgan fingerprint density at radius 1 is 1.09 bits per heavy atom. The first-order valence-corrected chi connectivity index (χ1v) is 6.73. The largest absolute Gasteiger partial charge is 0.454 e. The zero-order valence-corrected chi connectivity index (χ0v) is 12.4. The van der Waals surface area contributed by atoms with Gasteiger partial charge in [-0.15, -0.1) is 0 Å². The van der Waals surface area contributed by atoms with Crippen LogP contribution in [0.3, 0.4) is 0 Å². The summed E-state index contributed by atoms with van der Waals surface area (Å²) in [6.45, 7) is 4.72. The van der Waals surface area contributed by atoms with Crippen molar-refractivity contribution in [3.8, 4) is 0 Å². The molecule has 0 aliphatic carbocycles. The first kappa shape index (κ1) is 16.1. The second kappa shape index (κ2) is 6.22. The van der Waals surface area contributed by atoms with Crippen LogP contribution >= 0.6 is 0 Å². The quantitative estimate of drug-likeness (QED) is 0.610. The van der Waals surface area contributed by atoms with Crippen molar-refractivity contribution in [3.63, 3.8) is 0 Å². The number of rotatable bonds is 3. The Kier molecular flexibility index (Phi) is 4.54. The highest BCUT2D eigenvalue weighted by Crippen LogP contribution is 2.25. The Hall–Kier alpha value is -2.30. The highest BCUT2D eigenvalue weighted by atomic mass is 19.2. The molecule has 0 aliphatic rings. The number of hydrogen-bond donors (Lipinski definition) is 0. The van der Waals surface area contributed by atoms with Gasteiger partial charge in [-0.3, -0.25) is 0 Å². The van der Waals surface area contributed by atoms with E-state index in [-0.39, 0.29) is 11.1 Å². The third-order valence-corrected chi connectivity index (χ3v) is 3.54. The van der Waals surface area contributed by atoms with E-state index in [2.05, 4.69) is 0 Å². The number of esters is 1. The maximum Gasteiger partial charge on any atom is 0.339 e. The monoisotopic (exact) mass is 308 g/mol. The molecule has 22 heavy (non-hydrogen) atoms. The van der Waals surface area contributed by atoms with Crippen LogP contribution in [0.2, 0.25) is 0 Å². The van der Waals surface area contributed by atoms with Gasteiger partial charge in [0.1, 0.15) is 6.10 Å². The van der Waals surface area contributed by atoms with Crippen molar-refractivity contribution in [2.75, 3.05) is 0 Å². The summed E-state index contributed by atoms with van der Waals surface area (Å²) in [5, 5.41) is 0. The zero-order chi connectivity index (χ0) is 16.4. The number of aryl methyl sites for hydroxylation is 1. The molecule has 0 heterocycles. The normalized spacial score (nSPS) is 12.1. The lowest BCUT2D eigenvalue weighted by atomic mass is 10.0. The second-order valence-corrected chi connectivity index (χ2v) is 5.06. The summed E-state index contributed by atoms with van der Waals surface area (Å²) in [6.07, 6.45) is -0.593. The maximum absolute atomic E-state index is 13.5. The van der Waals surface area contributed by atoms with Crippen molar-refractivity contribution < 1.29 is 22.7 Å². The maximum atomic E-state index is 13.5. The second-order valence-electron chi connectivity index (χ2n) is 5.06. The molecule has 0 saturated heterocycles. The molecule has 116 valence electrons. The van der Waals surface area contributed by atoms with E-state index in [4.69, 9.17) is 4.74 Å². The molecule has 0 saturated carbocycles. The predicted octanol–water partition coefficient (Wildman–Crippen LogP) is 4.64. The van der Waals surface area contributed by atoms with Gasteiger partial charge in [-0.05, 0) is 38.0 Å². The molecule has 0 bridgehead atoms. The van der Waals surface area contributed by atoms with Crippen LogP contribution in [0.15, 0.2) is 30.3 Å². The van der Waals surface area contributed by atoms with E-state index in [1.54, 1.807) is 19.1 Å². The van der Waals surface area contributed by atoms with E-state index in [0.29, 0.717) is 6.07 Å². The molecular formula is C17H15F3O2. The van der Waals surface area contributed by atoms with Gasteiger partial charge in [0.05, 0.1) is 5.56 Å². The summed E-state index contributed by atoms with van der Waals surface area (Å²) in [6, 6.07) is 7.96. The van der Waals surface area contributed by atoms with Gasteiger partial charge in [0.2, 0.25) is 0 Å². The molecule has 0 radical (unpaired) electrons. The zero-order valence-electron chi connectivity index (χ0n) is 12.4. The standard InChI is InChI=1S/C17H15F3O2/c1-9-6-4-5-7-12(9)11(3)22-17(21)13-8-14(18)16(20)15(19)10(13)2/h4-8,11H,1-3H3. The van der Waals surface area contributed by atoms with Gasteiger partial charge in [-0.25, -0.2) is 18.0 Å². The van der Waals surface area contributed by atoms with Gasteiger partial charge in [0, 0.05) is 5.56 Å². The van der Waals surface area contributed by atoms with E-state index >= 15 is 0 Å². The Labute approximate surface area is 126 Å². The first-order valence-electron chi connectivity index (χ1n) is 6.73. The van der Waals surface area contributed by atoms with Crippen molar-refractivity contribution >= 4 is 5.97 Å². The fourth-order valence-electron chi connectivity index (χ4n) is 2.23. The van der Waals surface area contributed by atoms with Gasteiger partial charge >= 0.3 is 5.97 Å². The molecule has 2 rings (SSSR count). The number of carbonyl (C=O) groups excluding carboxylic acids is 1. The van der Waals surface area contributed by atoms with Crippen molar-refractivity contribution in [2.24, 2.45) is 0 Å². The lowest BCUT2D eigenvalue weighted by Gasteiger charge is -2.17. The Balaban J connectivity index is 2.29. The lowest BCUT2D eigenvalue weighted by molar-refractivity contribution is 0.0334. The molecule has 1 atom stereocenters. The number of benzene rings is 2. The van der Waals surface area contributed by atoms with Crippen LogP contribution < -0.4 is 0 Å². The van der Waals surface area contributed by atoms with Crippen molar-refractivity contribution in [1.82, 2.24) is 0 Å². The van der Waals surface area contributed by atoms with Gasteiger partial charge < -0.3 is 4.74 Å². The van der Waals surface area contributed by atoms with E-state index < -0.39 is 29.5 Å². The number of hydrogen-bond acceptors (Lipinski definition) is 2. The number of halogens is 3. The minimum atomic E-state index is -1.60. The molecule has 0 N–H and O–H groups in total. The summed E-state index contributed by atoms with van der Waals surface area (Å²) in [5.41, 5.74) is 1.12. The summed E-state index contributed by atoms with van der Waals surface area (Å²) >= 11 is 0. The van der Waals surface area contributed by atoms with E-state index in [1.165, 1.54) is 6.92 Å². The molecule has 2 aromatic carbocycles. The molecule has 0 amide bonds. The Morgan fingerprint density at radius 2 is 1.73 bits per heavy atom. The summed E-state index contributed by atoms with van der Waals surface area (Å²) in [5.74, 6) is -5.29. The minimum absolute atomic E-state index is 0.277. The highest BCUT2D eigenvalue weighted by molar-refractivity contribution is 5.91. The molecule has 5 heteroatoms. The number of carbonyl (C=O) groups is 1. The van der Waals surface area contributed by atoms with Gasteiger partial charge in [-0.1, -0.05) is 24.3 Å². The average molecular weight is 308 g/mol. The van der Waals surface area contributed by atoms with Crippen LogP contribution in [0, 0.1) is 31.3 Å². The summed E-state index contributed by atoms with van der Waals surface area (Å²) < 4.78 is 45.1. The molecule has 0 spiro atoms. The van der Waals surface area contributed by atoms with Crippen LogP contribution in [-0.4, -0.2) is 5.97 Å². The first-order chi connectivity index (χ1) is 10.3. The minimum Gasteiger partial charge on any atom is -0.454 e. The molecule has 2 nitrogen and oxygen atoms in total. The van der Waals surface area contributed by atoms with Crippen LogP contribution in [-0.2, 0) is 4.74 Å². The summed E-state index contributed by atoms with van der Waals surface area (Å²) in [7, 11) is 0. The molecule has 0 aromatic heterocycles. The van der Waals surface area contributed by atoms with Gasteiger partial charge in [0.25, 0.3) is 0 Å². The number of ether oxygens (including phenoxy) is 1. The van der Waals surface area contributed by atoms with Gasteiger partial charge in [-0.2, -0.15) is 0 Å². The third kappa shape index (κ3) is 2.98. The third-order valence-electron chi connectivity index (χ3n) is 3.54. The van der Waals surface area contributed by atoms with Crippen LogP contribution in [0.1, 0.15) is 40.1 Å². The molecule has 2 aromatic rings. The molecular weight excluding hydrogens is 293 g/mol. The van der Waals surface area contributed by atoms with Crippen LogP contribution in [0.25, 0.3) is 0 Å². The van der Waals surface area contributed by atoms with Crippen LogP contribution in [0.5, 0.6) is 0 Å². The molecule has 1 unspecified atom stereocenters. The van der Waals surface area contributed by atoms with E-state index in [9.17, 15) is 18.0 Å². The SMILES string of the molecule is Cc1ccccc1C(C)OC(=O)c1cc(F)c(F)c(F)c1C. The lowest BCUT2D eigenvalue weighted by Crippen LogP contribution is -2.13. The van der Waals surface area contributed by atoms with Gasteiger partial charge in [0.15, 0.2) is 17.5 Å². The fraction of sp³-hybridized carbons (Fsp3) is 0.235. The van der Waals surface area contributed by atoms with E-state index in [1.807, 2.05) is 19.1 Å². The van der Waals surface area contributed by atoms with Crippen LogP contribution in [0.4, 0.5) is 13.2 Å². The van der Waals surface area contributed by atoms with Crippen molar-refractivity contribution in [2.45, 2.75) is 26.9 Å². The predicted molar refractivity (Wildman–Crippen MR) is 76.1 cm³/mol. The Bertz CT molecular complexity index is 726. The molecule has 0 fully saturated rings.